The van der Waals surface area contributed by atoms with Crippen molar-refractivity contribution in [1.82, 2.24) is 0 Å². The molecule has 0 bridgehead atoms. The molecule has 0 heterocycles. The molecule has 5 nitrogen and oxygen atoms in total. The highest BCUT2D eigenvalue weighted by Crippen LogP contribution is 2.27. The number of para-hydroxylation sites is 2. The van der Waals surface area contributed by atoms with E-state index in [9.17, 15) is 15.2 Å². The van der Waals surface area contributed by atoms with Gasteiger partial charge in [0.25, 0.3) is 5.69 Å². The van der Waals surface area contributed by atoms with Crippen molar-refractivity contribution >= 4 is 17.3 Å². The van der Waals surface area contributed by atoms with Crippen LogP contribution in [0, 0.1) is 10.1 Å². The molecule has 0 radical (unpaired) electrons. The molecule has 0 fully saturated rings. The van der Waals surface area contributed by atoms with Gasteiger partial charge < -0.3 is 9.84 Å². The van der Waals surface area contributed by atoms with Gasteiger partial charge >= 0.3 is 0 Å². The summed E-state index contributed by atoms with van der Waals surface area (Å²) in [5, 5.41) is 20.4. The van der Waals surface area contributed by atoms with Crippen LogP contribution in [-0.2, 0) is 6.61 Å². The van der Waals surface area contributed by atoms with Gasteiger partial charge in [0.1, 0.15) is 6.61 Å². The number of benzene rings is 2. The summed E-state index contributed by atoms with van der Waals surface area (Å²) in [5.41, 5.74) is 0.534. The van der Waals surface area contributed by atoms with E-state index in [-0.39, 0.29) is 23.1 Å². The van der Waals surface area contributed by atoms with Crippen LogP contribution in [0.1, 0.15) is 5.56 Å². The molecule has 2 rings (SSSR count). The molecule has 0 unspecified atom stereocenters. The molecular weight excluding hydrogens is 270 g/mol. The van der Waals surface area contributed by atoms with Crippen LogP contribution in [0.4, 0.5) is 5.69 Å². The highest BCUT2D eigenvalue weighted by Gasteiger charge is 2.10. The zero-order valence-corrected chi connectivity index (χ0v) is 10.5. The number of hydrogen-bond donors (Lipinski definition) is 1. The van der Waals surface area contributed by atoms with E-state index in [1.807, 2.05) is 0 Å². The summed E-state index contributed by atoms with van der Waals surface area (Å²) in [6.45, 7) is 0.119. The first-order valence-electron chi connectivity index (χ1n) is 5.41. The average Bonchev–Trinajstić information content (AvgIpc) is 2.39. The fraction of sp³-hybridized carbons (Fsp3) is 0.0769. The number of aromatic hydroxyl groups is 1. The second kappa shape index (κ2) is 5.58. The smallest absolute Gasteiger partial charge is 0.270 e. The molecule has 0 amide bonds. The van der Waals surface area contributed by atoms with Crippen molar-refractivity contribution in [2.75, 3.05) is 0 Å². The predicted octanol–water partition coefficient (Wildman–Crippen LogP) is 3.53. The lowest BCUT2D eigenvalue weighted by Crippen LogP contribution is -1.97. The monoisotopic (exact) mass is 279 g/mol. The van der Waals surface area contributed by atoms with Crippen LogP contribution in [0.2, 0.25) is 5.02 Å². The highest BCUT2D eigenvalue weighted by atomic mass is 35.5. The topological polar surface area (TPSA) is 72.6 Å². The first-order valence-corrected chi connectivity index (χ1v) is 5.79. The van der Waals surface area contributed by atoms with Gasteiger partial charge in [-0.1, -0.05) is 23.7 Å². The number of phenols is 1. The lowest BCUT2D eigenvalue weighted by molar-refractivity contribution is -0.384. The third kappa shape index (κ3) is 3.14. The Morgan fingerprint density at radius 2 is 2.00 bits per heavy atom. The number of nitrogens with zero attached hydrogens (tertiary/aromatic N) is 1. The van der Waals surface area contributed by atoms with Gasteiger partial charge in [-0.2, -0.15) is 0 Å². The molecule has 1 N–H and O–H groups in total. The number of ether oxygens (including phenoxy) is 1. The maximum absolute atomic E-state index is 10.6. The number of phenolic OH excluding ortho intramolecular Hbond substituents is 1. The maximum Gasteiger partial charge on any atom is 0.270 e. The van der Waals surface area contributed by atoms with E-state index in [1.54, 1.807) is 18.2 Å². The number of nitro groups is 1. The minimum Gasteiger partial charge on any atom is -0.504 e. The van der Waals surface area contributed by atoms with E-state index in [0.29, 0.717) is 11.3 Å². The Morgan fingerprint density at radius 3 is 2.63 bits per heavy atom. The van der Waals surface area contributed by atoms with Crippen LogP contribution in [-0.4, -0.2) is 10.0 Å². The molecule has 0 aliphatic rings. The van der Waals surface area contributed by atoms with Crippen LogP contribution in [0.25, 0.3) is 0 Å². The Labute approximate surface area is 114 Å². The van der Waals surface area contributed by atoms with Gasteiger partial charge in [0.15, 0.2) is 11.5 Å². The van der Waals surface area contributed by atoms with Gasteiger partial charge in [0.05, 0.1) is 9.95 Å². The summed E-state index contributed by atoms with van der Waals surface area (Å²) >= 11 is 5.93. The Bertz CT molecular complexity index is 615. The van der Waals surface area contributed by atoms with E-state index in [1.165, 1.54) is 24.3 Å². The fourth-order valence-corrected chi connectivity index (χ4v) is 1.73. The van der Waals surface area contributed by atoms with Crippen LogP contribution in [0.5, 0.6) is 11.5 Å². The summed E-state index contributed by atoms with van der Waals surface area (Å²) in [6.07, 6.45) is 0. The lowest BCUT2D eigenvalue weighted by Gasteiger charge is -2.08. The lowest BCUT2D eigenvalue weighted by atomic mass is 10.2. The zero-order valence-electron chi connectivity index (χ0n) is 9.75. The number of hydrogen-bond acceptors (Lipinski definition) is 4. The first kappa shape index (κ1) is 13.2. The van der Waals surface area contributed by atoms with Gasteiger partial charge in [-0.05, 0) is 18.2 Å². The molecular formula is C13H10ClNO4. The van der Waals surface area contributed by atoms with Crippen LogP contribution < -0.4 is 4.74 Å². The van der Waals surface area contributed by atoms with Gasteiger partial charge in [-0.3, -0.25) is 10.1 Å². The largest absolute Gasteiger partial charge is 0.504 e. The average molecular weight is 280 g/mol. The summed E-state index contributed by atoms with van der Waals surface area (Å²) in [7, 11) is 0. The predicted molar refractivity (Wildman–Crippen MR) is 70.5 cm³/mol. The minimum atomic E-state index is -0.514. The number of nitro benzene ring substituents is 1. The first-order chi connectivity index (χ1) is 9.08. The molecule has 0 saturated carbocycles. The van der Waals surface area contributed by atoms with Gasteiger partial charge in [-0.25, -0.2) is 0 Å². The van der Waals surface area contributed by atoms with E-state index < -0.39 is 4.92 Å². The number of non-ortho nitro benzene ring substituents is 1. The van der Waals surface area contributed by atoms with E-state index in [4.69, 9.17) is 16.3 Å². The van der Waals surface area contributed by atoms with Gasteiger partial charge in [0.2, 0.25) is 0 Å². The molecule has 0 aliphatic carbocycles. The van der Waals surface area contributed by atoms with Crippen molar-refractivity contribution in [3.8, 4) is 11.5 Å². The van der Waals surface area contributed by atoms with Gasteiger partial charge in [0, 0.05) is 17.7 Å². The molecule has 19 heavy (non-hydrogen) atoms. The van der Waals surface area contributed by atoms with Crippen LogP contribution in [0.3, 0.4) is 0 Å². The third-order valence-corrected chi connectivity index (χ3v) is 2.85. The number of rotatable bonds is 4. The molecule has 2 aromatic rings. The zero-order chi connectivity index (χ0) is 13.8. The Morgan fingerprint density at radius 1 is 1.26 bits per heavy atom. The molecule has 0 aliphatic heterocycles. The standard InChI is InChI=1S/C13H10ClNO4/c14-11-7-10(15(17)18)6-5-9(11)8-19-13-4-2-1-3-12(13)16/h1-7,16H,8H2. The minimum absolute atomic E-state index is 0.0283. The van der Waals surface area contributed by atoms with E-state index >= 15 is 0 Å². The fourth-order valence-electron chi connectivity index (χ4n) is 1.50. The molecule has 0 aromatic heterocycles. The molecule has 0 atom stereocenters. The summed E-state index contributed by atoms with van der Waals surface area (Å²) in [4.78, 5) is 10.1. The molecule has 2 aromatic carbocycles. The van der Waals surface area contributed by atoms with Crippen molar-refractivity contribution in [3.63, 3.8) is 0 Å². The summed E-state index contributed by atoms with van der Waals surface area (Å²) in [5.74, 6) is 0.359. The Balaban J connectivity index is 2.12. The van der Waals surface area contributed by atoms with Crippen molar-refractivity contribution in [2.45, 2.75) is 6.61 Å². The SMILES string of the molecule is O=[N+]([O-])c1ccc(COc2ccccc2O)c(Cl)c1. The summed E-state index contributed by atoms with van der Waals surface area (Å²) < 4.78 is 5.40. The van der Waals surface area contributed by atoms with Gasteiger partial charge in [-0.15, -0.1) is 0 Å². The van der Waals surface area contributed by atoms with Crippen LogP contribution >= 0.6 is 11.6 Å². The Hall–Kier alpha value is -2.27. The van der Waals surface area contributed by atoms with Crippen molar-refractivity contribution in [1.29, 1.82) is 0 Å². The molecule has 0 saturated heterocycles. The number of halogens is 1. The second-order valence-corrected chi connectivity index (χ2v) is 4.20. The van der Waals surface area contributed by atoms with E-state index in [0.717, 1.165) is 0 Å². The normalized spacial score (nSPS) is 10.2. The van der Waals surface area contributed by atoms with E-state index in [2.05, 4.69) is 0 Å². The second-order valence-electron chi connectivity index (χ2n) is 3.79. The molecule has 0 spiro atoms. The van der Waals surface area contributed by atoms with Crippen LogP contribution in [0.15, 0.2) is 42.5 Å². The quantitative estimate of drug-likeness (QED) is 0.686. The molecule has 6 heteroatoms. The highest BCUT2D eigenvalue weighted by molar-refractivity contribution is 6.31. The third-order valence-electron chi connectivity index (χ3n) is 2.50. The van der Waals surface area contributed by atoms with Crippen molar-refractivity contribution < 1.29 is 14.8 Å². The van der Waals surface area contributed by atoms with Crippen molar-refractivity contribution in [2.24, 2.45) is 0 Å². The Kier molecular flexibility index (Phi) is 3.87. The summed E-state index contributed by atoms with van der Waals surface area (Å²) in [6, 6.07) is 10.7. The van der Waals surface area contributed by atoms with Crippen molar-refractivity contribution in [3.05, 3.63) is 63.2 Å². The molecule has 98 valence electrons. The maximum atomic E-state index is 10.6.